The number of alkyl carbamates (subject to hydrolysis) is 1. The molecule has 9 nitrogen and oxygen atoms in total. The summed E-state index contributed by atoms with van der Waals surface area (Å²) in [5.74, 6) is -1.65. The fourth-order valence-corrected chi connectivity index (χ4v) is 3.01. The van der Waals surface area contributed by atoms with E-state index in [1.807, 2.05) is 60.7 Å². The van der Waals surface area contributed by atoms with Crippen LogP contribution in [0.1, 0.15) is 29.6 Å². The summed E-state index contributed by atoms with van der Waals surface area (Å²) >= 11 is 0. The van der Waals surface area contributed by atoms with Gasteiger partial charge in [0.15, 0.2) is 11.5 Å². The molecule has 2 amide bonds. The molecule has 1 heterocycles. The Morgan fingerprint density at radius 2 is 1.62 bits per heavy atom. The molecule has 9 heteroatoms. The highest BCUT2D eigenvalue weighted by Gasteiger charge is 2.20. The zero-order chi connectivity index (χ0) is 24.3. The molecule has 0 radical (unpaired) electrons. The van der Waals surface area contributed by atoms with Crippen LogP contribution in [-0.4, -0.2) is 41.6 Å². The lowest BCUT2D eigenvalue weighted by molar-refractivity contribution is -0.128. The Labute approximate surface area is 196 Å². The van der Waals surface area contributed by atoms with Gasteiger partial charge in [0.1, 0.15) is 6.61 Å². The Bertz CT molecular complexity index is 1130. The van der Waals surface area contributed by atoms with Crippen molar-refractivity contribution in [3.63, 3.8) is 0 Å². The Morgan fingerprint density at radius 1 is 0.941 bits per heavy atom. The molecule has 0 saturated heterocycles. The molecule has 1 aromatic heterocycles. The molecule has 2 N–H and O–H groups in total. The number of nitrogens with one attached hydrogen (secondary N) is 2. The third kappa shape index (κ3) is 7.40. The molecule has 0 saturated carbocycles. The molecule has 0 bridgehead atoms. The first-order valence-electron chi connectivity index (χ1n) is 10.7. The standard InChI is InChI=1S/C25H25N3O6/c1-17(12-20(29)13-28-25(32)33-16-18-8-4-2-5-9-18)23(31)26-14-21(30)24-27-15-22(34-24)19-10-6-3-7-11-19/h2-11,15,17H,12-14,16H2,1H3,(H,26,31)(H,28,32)/t17-/m1/s1. The molecule has 34 heavy (non-hydrogen) atoms. The summed E-state index contributed by atoms with van der Waals surface area (Å²) in [6, 6.07) is 18.3. The molecule has 0 aliphatic heterocycles. The highest BCUT2D eigenvalue weighted by molar-refractivity contribution is 5.96. The van der Waals surface area contributed by atoms with Gasteiger partial charge in [0, 0.05) is 17.9 Å². The fourth-order valence-electron chi connectivity index (χ4n) is 3.01. The van der Waals surface area contributed by atoms with E-state index < -0.39 is 23.7 Å². The summed E-state index contributed by atoms with van der Waals surface area (Å²) in [6.45, 7) is 1.08. The van der Waals surface area contributed by atoms with E-state index in [-0.39, 0.29) is 37.8 Å². The SMILES string of the molecule is C[C@H](CC(=O)CNC(=O)OCc1ccccc1)C(=O)NCC(=O)c1ncc(-c2ccccc2)o1. The molecule has 0 aliphatic rings. The van der Waals surface area contributed by atoms with E-state index in [1.54, 1.807) is 6.92 Å². The number of nitrogens with zero attached hydrogens (tertiary/aromatic N) is 1. The molecule has 0 fully saturated rings. The van der Waals surface area contributed by atoms with Crippen LogP contribution in [0.15, 0.2) is 71.3 Å². The number of rotatable bonds is 11. The van der Waals surface area contributed by atoms with Gasteiger partial charge in [-0.15, -0.1) is 0 Å². The summed E-state index contributed by atoms with van der Waals surface area (Å²) in [6.07, 6.45) is 0.625. The summed E-state index contributed by atoms with van der Waals surface area (Å²) < 4.78 is 10.5. The third-order valence-corrected chi connectivity index (χ3v) is 4.85. The predicted octanol–water partition coefficient (Wildman–Crippen LogP) is 3.16. The smallest absolute Gasteiger partial charge is 0.407 e. The first kappa shape index (κ1) is 24.4. The van der Waals surface area contributed by atoms with Gasteiger partial charge >= 0.3 is 6.09 Å². The van der Waals surface area contributed by atoms with E-state index in [0.29, 0.717) is 5.76 Å². The normalized spacial score (nSPS) is 11.3. The van der Waals surface area contributed by atoms with Crippen LogP contribution in [0.5, 0.6) is 0 Å². The number of hydrogen-bond acceptors (Lipinski definition) is 7. The van der Waals surface area contributed by atoms with Crippen LogP contribution >= 0.6 is 0 Å². The van der Waals surface area contributed by atoms with Crippen LogP contribution in [0, 0.1) is 5.92 Å². The number of carbonyl (C=O) groups excluding carboxylic acids is 4. The van der Waals surface area contributed by atoms with Crippen LogP contribution in [0.3, 0.4) is 0 Å². The largest absolute Gasteiger partial charge is 0.445 e. The van der Waals surface area contributed by atoms with Crippen molar-refractivity contribution >= 4 is 23.6 Å². The van der Waals surface area contributed by atoms with Crippen LogP contribution in [0.2, 0.25) is 0 Å². The second-order valence-corrected chi connectivity index (χ2v) is 7.60. The summed E-state index contributed by atoms with van der Waals surface area (Å²) in [5.41, 5.74) is 1.60. The predicted molar refractivity (Wildman–Crippen MR) is 123 cm³/mol. The van der Waals surface area contributed by atoms with Crippen molar-refractivity contribution < 1.29 is 28.3 Å². The van der Waals surface area contributed by atoms with E-state index in [9.17, 15) is 19.2 Å². The number of benzene rings is 2. The van der Waals surface area contributed by atoms with Crippen LogP contribution < -0.4 is 10.6 Å². The number of aromatic nitrogens is 1. The second kappa shape index (κ2) is 12.1. The number of amides is 2. The molecule has 3 rings (SSSR count). The number of ketones is 2. The highest BCUT2D eigenvalue weighted by atomic mass is 16.5. The first-order chi connectivity index (χ1) is 16.4. The van der Waals surface area contributed by atoms with Crippen molar-refractivity contribution in [3.8, 4) is 11.3 Å². The van der Waals surface area contributed by atoms with Gasteiger partial charge in [-0.3, -0.25) is 14.4 Å². The average molecular weight is 463 g/mol. The highest BCUT2D eigenvalue weighted by Crippen LogP contribution is 2.19. The van der Waals surface area contributed by atoms with Crippen molar-refractivity contribution in [2.24, 2.45) is 5.92 Å². The fraction of sp³-hybridized carbons (Fsp3) is 0.240. The minimum Gasteiger partial charge on any atom is -0.445 e. The summed E-state index contributed by atoms with van der Waals surface area (Å²) in [7, 11) is 0. The van der Waals surface area contributed by atoms with Gasteiger partial charge in [-0.05, 0) is 5.56 Å². The molecule has 0 aliphatic carbocycles. The monoisotopic (exact) mass is 463 g/mol. The van der Waals surface area contributed by atoms with E-state index in [4.69, 9.17) is 9.15 Å². The lowest BCUT2D eigenvalue weighted by Crippen LogP contribution is -2.36. The van der Waals surface area contributed by atoms with Gasteiger partial charge < -0.3 is 19.8 Å². The maximum Gasteiger partial charge on any atom is 0.407 e. The summed E-state index contributed by atoms with van der Waals surface area (Å²) in [5, 5.41) is 4.85. The number of carbonyl (C=O) groups is 4. The first-order valence-corrected chi connectivity index (χ1v) is 10.7. The Kier molecular flexibility index (Phi) is 8.67. The van der Waals surface area contributed by atoms with Crippen molar-refractivity contribution in [2.75, 3.05) is 13.1 Å². The Balaban J connectivity index is 1.36. The molecule has 1 atom stereocenters. The van der Waals surface area contributed by atoms with Crippen molar-refractivity contribution in [2.45, 2.75) is 20.0 Å². The topological polar surface area (TPSA) is 128 Å². The minimum absolute atomic E-state index is 0.0884. The van der Waals surface area contributed by atoms with Gasteiger partial charge in [0.2, 0.25) is 11.7 Å². The zero-order valence-electron chi connectivity index (χ0n) is 18.7. The number of ether oxygens (including phenoxy) is 1. The molecule has 0 unspecified atom stereocenters. The molecular weight excluding hydrogens is 438 g/mol. The van der Waals surface area contributed by atoms with E-state index in [0.717, 1.165) is 11.1 Å². The lowest BCUT2D eigenvalue weighted by Gasteiger charge is -2.11. The van der Waals surface area contributed by atoms with Gasteiger partial charge in [-0.1, -0.05) is 67.6 Å². The van der Waals surface area contributed by atoms with Gasteiger partial charge in [-0.2, -0.15) is 0 Å². The molecule has 176 valence electrons. The Hall–Kier alpha value is -4.27. The number of oxazole rings is 1. The molecule has 3 aromatic rings. The van der Waals surface area contributed by atoms with Crippen molar-refractivity contribution in [1.29, 1.82) is 0 Å². The van der Waals surface area contributed by atoms with Gasteiger partial charge in [-0.25, -0.2) is 9.78 Å². The third-order valence-electron chi connectivity index (χ3n) is 4.85. The maximum atomic E-state index is 12.3. The second-order valence-electron chi connectivity index (χ2n) is 7.60. The maximum absolute atomic E-state index is 12.3. The van der Waals surface area contributed by atoms with E-state index >= 15 is 0 Å². The lowest BCUT2D eigenvalue weighted by atomic mass is 10.0. The van der Waals surface area contributed by atoms with Crippen LogP contribution in [0.25, 0.3) is 11.3 Å². The van der Waals surface area contributed by atoms with Crippen molar-refractivity contribution in [3.05, 3.63) is 78.3 Å². The number of hydrogen-bond donors (Lipinski definition) is 2. The molecule has 2 aromatic carbocycles. The molecular formula is C25H25N3O6. The quantitative estimate of drug-likeness (QED) is 0.418. The Morgan fingerprint density at radius 3 is 2.32 bits per heavy atom. The average Bonchev–Trinajstić information content (AvgIpc) is 3.36. The van der Waals surface area contributed by atoms with Gasteiger partial charge in [0.25, 0.3) is 5.89 Å². The number of Topliss-reactive ketones (excluding diaryl/α,β-unsaturated/α-hetero) is 2. The van der Waals surface area contributed by atoms with E-state index in [2.05, 4.69) is 15.6 Å². The van der Waals surface area contributed by atoms with E-state index in [1.165, 1.54) is 6.20 Å². The van der Waals surface area contributed by atoms with Crippen molar-refractivity contribution in [1.82, 2.24) is 15.6 Å². The summed E-state index contributed by atoms with van der Waals surface area (Å²) in [4.78, 5) is 52.3. The molecule has 0 spiro atoms. The zero-order valence-corrected chi connectivity index (χ0v) is 18.7. The van der Waals surface area contributed by atoms with Crippen LogP contribution in [-0.2, 0) is 20.9 Å². The minimum atomic E-state index is -0.722. The van der Waals surface area contributed by atoms with Gasteiger partial charge in [0.05, 0.1) is 19.3 Å². The van der Waals surface area contributed by atoms with Crippen LogP contribution in [0.4, 0.5) is 4.79 Å².